The van der Waals surface area contributed by atoms with Gasteiger partial charge in [-0.25, -0.2) is 4.99 Å². The second-order valence-electron chi connectivity index (χ2n) is 4.45. The summed E-state index contributed by atoms with van der Waals surface area (Å²) < 4.78 is 0. The lowest BCUT2D eigenvalue weighted by Crippen LogP contribution is -2.29. The number of hydrogen-bond donors (Lipinski definition) is 0. The van der Waals surface area contributed by atoms with Crippen molar-refractivity contribution < 1.29 is 0 Å². The zero-order chi connectivity index (χ0) is 11.2. The summed E-state index contributed by atoms with van der Waals surface area (Å²) in [6.45, 7) is 0. The van der Waals surface area contributed by atoms with Gasteiger partial charge in [0.2, 0.25) is 0 Å². The fraction of sp³-hybridized carbons (Fsp3) is 0.0625. The molecule has 17 heavy (non-hydrogen) atoms. The van der Waals surface area contributed by atoms with Gasteiger partial charge in [0.15, 0.2) is 0 Å². The summed E-state index contributed by atoms with van der Waals surface area (Å²) >= 11 is 0. The van der Waals surface area contributed by atoms with Crippen molar-refractivity contribution >= 4 is 17.3 Å². The largest absolute Gasteiger partial charge is 0.247 e. The topological polar surface area (TPSA) is 12.4 Å². The highest BCUT2D eigenvalue weighted by Crippen LogP contribution is 2.19. The molecule has 0 fully saturated rings. The molecule has 1 nitrogen and oxygen atoms in total. The number of benzene rings is 2. The first-order chi connectivity index (χ1) is 8.43. The predicted molar refractivity (Wildman–Crippen MR) is 68.8 cm³/mol. The Bertz CT molecular complexity index is 857. The molecule has 2 aromatic rings. The summed E-state index contributed by atoms with van der Waals surface area (Å²) in [7, 11) is 0. The van der Waals surface area contributed by atoms with E-state index in [1.165, 1.54) is 26.9 Å². The minimum Gasteiger partial charge on any atom is -0.247 e. The fourth-order valence-electron chi connectivity index (χ4n) is 2.67. The summed E-state index contributed by atoms with van der Waals surface area (Å²) in [6, 6.07) is 16.9. The fourth-order valence-corrected chi connectivity index (χ4v) is 2.67. The zero-order valence-electron chi connectivity index (χ0n) is 9.35. The van der Waals surface area contributed by atoms with Crippen molar-refractivity contribution in [3.05, 3.63) is 69.5 Å². The third-order valence-electron chi connectivity index (χ3n) is 3.49. The van der Waals surface area contributed by atoms with Crippen LogP contribution < -0.4 is 21.0 Å². The van der Waals surface area contributed by atoms with Gasteiger partial charge in [-0.05, 0) is 23.3 Å². The van der Waals surface area contributed by atoms with Gasteiger partial charge in [-0.2, -0.15) is 0 Å². The summed E-state index contributed by atoms with van der Waals surface area (Å²) in [5.41, 5.74) is 2.55. The molecular weight excluding hydrogens is 206 g/mol. The summed E-state index contributed by atoms with van der Waals surface area (Å²) in [5, 5.41) is 4.99. The van der Waals surface area contributed by atoms with Crippen LogP contribution >= 0.6 is 0 Å². The Kier molecular flexibility index (Phi) is 1.67. The van der Waals surface area contributed by atoms with Crippen LogP contribution in [-0.4, -0.2) is 0 Å². The Labute approximate surface area is 98.8 Å². The molecule has 0 saturated carbocycles. The van der Waals surface area contributed by atoms with Crippen LogP contribution in [0.25, 0.3) is 17.3 Å². The Hall–Kier alpha value is -2.15. The molecule has 1 aliphatic carbocycles. The highest BCUT2D eigenvalue weighted by Gasteiger charge is 2.14. The standard InChI is InChI=1S/C16H11N/c1-2-6-12-11(5-1)9-10-14-13-7-3-4-8-15(13)17-16(12)14/h1-9H,10H2. The number of hydrogen-bond acceptors (Lipinski definition) is 1. The van der Waals surface area contributed by atoms with Crippen LogP contribution in [0, 0.1) is 0 Å². The lowest BCUT2D eigenvalue weighted by Gasteiger charge is -2.07. The van der Waals surface area contributed by atoms with Gasteiger partial charge in [0.1, 0.15) is 0 Å². The lowest BCUT2D eigenvalue weighted by molar-refractivity contribution is 1.34. The van der Waals surface area contributed by atoms with Crippen LogP contribution in [0.1, 0.15) is 6.42 Å². The van der Waals surface area contributed by atoms with Gasteiger partial charge >= 0.3 is 0 Å². The molecule has 1 heterocycles. The summed E-state index contributed by atoms with van der Waals surface area (Å²) in [5.74, 6) is 0. The van der Waals surface area contributed by atoms with Gasteiger partial charge in [0.05, 0.1) is 11.1 Å². The van der Waals surface area contributed by atoms with Crippen molar-refractivity contribution in [3.8, 4) is 0 Å². The van der Waals surface area contributed by atoms with Gasteiger partial charge in [-0.15, -0.1) is 0 Å². The minimum absolute atomic E-state index is 0.993. The number of nitrogens with zero attached hydrogens (tertiary/aromatic N) is 1. The first-order valence-electron chi connectivity index (χ1n) is 5.90. The van der Waals surface area contributed by atoms with Crippen LogP contribution in [0.2, 0.25) is 0 Å². The number of para-hydroxylation sites is 1. The molecule has 0 amide bonds. The molecule has 2 aliphatic rings. The molecule has 0 spiro atoms. The molecule has 0 unspecified atom stereocenters. The van der Waals surface area contributed by atoms with E-state index in [0.717, 1.165) is 11.8 Å². The van der Waals surface area contributed by atoms with Gasteiger partial charge in [-0.1, -0.05) is 48.5 Å². The molecule has 1 aliphatic heterocycles. The molecule has 0 saturated heterocycles. The third kappa shape index (κ3) is 1.17. The molecule has 1 heteroatoms. The molecule has 0 radical (unpaired) electrons. The molecule has 0 N–H and O–H groups in total. The van der Waals surface area contributed by atoms with Crippen molar-refractivity contribution in [1.29, 1.82) is 0 Å². The normalized spacial score (nSPS) is 15.5. The molecular formula is C16H11N. The van der Waals surface area contributed by atoms with E-state index in [1.54, 1.807) is 0 Å². The second kappa shape index (κ2) is 3.17. The van der Waals surface area contributed by atoms with Gasteiger partial charge in [-0.3, -0.25) is 0 Å². The minimum atomic E-state index is 0.993. The van der Waals surface area contributed by atoms with Crippen molar-refractivity contribution in [1.82, 2.24) is 0 Å². The summed E-state index contributed by atoms with van der Waals surface area (Å²) in [4.78, 5) is 4.77. The Morgan fingerprint density at radius 2 is 1.59 bits per heavy atom. The number of fused-ring (bicyclic) bond motifs is 3. The van der Waals surface area contributed by atoms with Crippen LogP contribution in [0.5, 0.6) is 0 Å². The van der Waals surface area contributed by atoms with Crippen LogP contribution in [0.4, 0.5) is 0 Å². The monoisotopic (exact) mass is 217 g/mol. The average Bonchev–Trinajstić information content (AvgIpc) is 2.78. The zero-order valence-corrected chi connectivity index (χ0v) is 9.35. The van der Waals surface area contributed by atoms with Crippen molar-refractivity contribution in [2.45, 2.75) is 6.42 Å². The Morgan fingerprint density at radius 1 is 0.824 bits per heavy atom. The SMILES string of the molecule is C1=c2ccccc2=C2N=c3ccccc3=C2C1. The first-order valence-corrected chi connectivity index (χ1v) is 5.90. The molecule has 4 rings (SSSR count). The third-order valence-corrected chi connectivity index (χ3v) is 3.49. The molecule has 0 aromatic heterocycles. The Morgan fingerprint density at radius 3 is 2.53 bits per heavy atom. The molecule has 2 aromatic carbocycles. The highest BCUT2D eigenvalue weighted by molar-refractivity contribution is 5.92. The van der Waals surface area contributed by atoms with E-state index in [4.69, 9.17) is 4.99 Å². The van der Waals surface area contributed by atoms with E-state index >= 15 is 0 Å². The van der Waals surface area contributed by atoms with Gasteiger partial charge < -0.3 is 0 Å². The molecule has 80 valence electrons. The first kappa shape index (κ1) is 8.94. The van der Waals surface area contributed by atoms with Crippen molar-refractivity contribution in [2.75, 3.05) is 0 Å². The maximum absolute atomic E-state index is 4.77. The van der Waals surface area contributed by atoms with Crippen LogP contribution in [0.15, 0.2) is 53.5 Å². The quantitative estimate of drug-likeness (QED) is 0.608. The van der Waals surface area contributed by atoms with Crippen LogP contribution in [-0.2, 0) is 0 Å². The van der Waals surface area contributed by atoms with E-state index < -0.39 is 0 Å². The molecule has 0 bridgehead atoms. The van der Waals surface area contributed by atoms with Gasteiger partial charge in [0.25, 0.3) is 0 Å². The molecule has 0 atom stereocenters. The van der Waals surface area contributed by atoms with E-state index in [9.17, 15) is 0 Å². The number of rotatable bonds is 0. The predicted octanol–water partition coefficient (Wildman–Crippen LogP) is 0.463. The summed E-state index contributed by atoms with van der Waals surface area (Å²) in [6.07, 6.45) is 3.29. The smallest absolute Gasteiger partial charge is 0.0757 e. The van der Waals surface area contributed by atoms with E-state index in [0.29, 0.717) is 0 Å². The van der Waals surface area contributed by atoms with Crippen molar-refractivity contribution in [3.63, 3.8) is 0 Å². The van der Waals surface area contributed by atoms with Crippen molar-refractivity contribution in [2.24, 2.45) is 4.99 Å². The maximum atomic E-state index is 4.77. The van der Waals surface area contributed by atoms with E-state index in [1.807, 2.05) is 0 Å². The Balaban J connectivity index is 2.28. The van der Waals surface area contributed by atoms with E-state index in [2.05, 4.69) is 54.6 Å². The second-order valence-corrected chi connectivity index (χ2v) is 4.45. The lowest BCUT2D eigenvalue weighted by atomic mass is 9.99. The average molecular weight is 217 g/mol. The van der Waals surface area contributed by atoms with E-state index in [-0.39, 0.29) is 0 Å². The van der Waals surface area contributed by atoms with Gasteiger partial charge in [0, 0.05) is 10.4 Å². The highest BCUT2D eigenvalue weighted by atomic mass is 14.8. The van der Waals surface area contributed by atoms with Crippen LogP contribution in [0.3, 0.4) is 0 Å². The maximum Gasteiger partial charge on any atom is 0.0757 e.